The molecule has 1 saturated heterocycles. The molecule has 1 aromatic carbocycles. The number of anilines is 1. The number of hydrogen-bond donors (Lipinski definition) is 2. The number of carbonyl (C=O) groups is 3. The van der Waals surface area contributed by atoms with E-state index in [1.807, 2.05) is 24.3 Å². The smallest absolute Gasteiger partial charge is 0.244 e. The lowest BCUT2D eigenvalue weighted by molar-refractivity contribution is -0.119. The lowest BCUT2D eigenvalue weighted by atomic mass is 10.2. The number of hydrogen-bond acceptors (Lipinski definition) is 3. The van der Waals surface area contributed by atoms with Crippen LogP contribution in [0.15, 0.2) is 30.3 Å². The zero-order valence-electron chi connectivity index (χ0n) is 13.2. The molecule has 0 saturated carbocycles. The van der Waals surface area contributed by atoms with Gasteiger partial charge in [-0.05, 0) is 30.2 Å². The highest BCUT2D eigenvalue weighted by Crippen LogP contribution is 2.21. The molecular formula is C17H21N3O3. The first-order valence-corrected chi connectivity index (χ1v) is 7.67. The van der Waals surface area contributed by atoms with Gasteiger partial charge in [0.1, 0.15) is 0 Å². The van der Waals surface area contributed by atoms with Gasteiger partial charge < -0.3 is 15.5 Å². The van der Waals surface area contributed by atoms with Crippen LogP contribution in [0.5, 0.6) is 0 Å². The van der Waals surface area contributed by atoms with Crippen molar-refractivity contribution >= 4 is 29.5 Å². The van der Waals surface area contributed by atoms with Crippen molar-refractivity contribution in [2.45, 2.75) is 19.8 Å². The van der Waals surface area contributed by atoms with Crippen molar-refractivity contribution in [3.05, 3.63) is 35.9 Å². The van der Waals surface area contributed by atoms with E-state index in [1.165, 1.54) is 13.0 Å². The molecule has 2 rings (SSSR count). The van der Waals surface area contributed by atoms with E-state index < -0.39 is 0 Å². The molecule has 6 heteroatoms. The summed E-state index contributed by atoms with van der Waals surface area (Å²) in [5, 5.41) is 5.28. The Morgan fingerprint density at radius 3 is 2.48 bits per heavy atom. The van der Waals surface area contributed by atoms with E-state index in [0.29, 0.717) is 19.5 Å². The van der Waals surface area contributed by atoms with E-state index in [9.17, 15) is 14.4 Å². The van der Waals surface area contributed by atoms with Gasteiger partial charge in [0.2, 0.25) is 17.7 Å². The van der Waals surface area contributed by atoms with Gasteiger partial charge in [-0.3, -0.25) is 14.4 Å². The Morgan fingerprint density at radius 1 is 1.17 bits per heavy atom. The van der Waals surface area contributed by atoms with Gasteiger partial charge in [0.05, 0.1) is 0 Å². The van der Waals surface area contributed by atoms with Crippen LogP contribution in [0.2, 0.25) is 0 Å². The van der Waals surface area contributed by atoms with Crippen LogP contribution in [-0.2, 0) is 14.4 Å². The SMILES string of the molecule is CC(=O)NCCNC(=O)C=Cc1ccc(N2CCCC2=O)cc1. The van der Waals surface area contributed by atoms with Crippen molar-refractivity contribution in [2.24, 2.45) is 0 Å². The maximum absolute atomic E-state index is 11.7. The van der Waals surface area contributed by atoms with E-state index >= 15 is 0 Å². The molecule has 0 atom stereocenters. The summed E-state index contributed by atoms with van der Waals surface area (Å²) in [5.41, 5.74) is 1.78. The quantitative estimate of drug-likeness (QED) is 0.609. The Balaban J connectivity index is 1.81. The normalized spacial score (nSPS) is 14.3. The average molecular weight is 315 g/mol. The topological polar surface area (TPSA) is 78.5 Å². The van der Waals surface area contributed by atoms with Crippen molar-refractivity contribution in [3.8, 4) is 0 Å². The molecule has 0 aliphatic carbocycles. The van der Waals surface area contributed by atoms with Crippen LogP contribution in [-0.4, -0.2) is 37.4 Å². The highest BCUT2D eigenvalue weighted by atomic mass is 16.2. The number of nitrogens with one attached hydrogen (secondary N) is 2. The molecule has 0 bridgehead atoms. The second kappa shape index (κ2) is 8.12. The average Bonchev–Trinajstić information content (AvgIpc) is 2.96. The Morgan fingerprint density at radius 2 is 1.87 bits per heavy atom. The molecule has 1 fully saturated rings. The molecule has 1 aliphatic rings. The minimum Gasteiger partial charge on any atom is -0.355 e. The maximum atomic E-state index is 11.7. The largest absolute Gasteiger partial charge is 0.355 e. The fraction of sp³-hybridized carbons (Fsp3) is 0.353. The van der Waals surface area contributed by atoms with E-state index in [0.717, 1.165) is 24.2 Å². The fourth-order valence-corrected chi connectivity index (χ4v) is 2.34. The van der Waals surface area contributed by atoms with Crippen LogP contribution in [0.25, 0.3) is 6.08 Å². The molecular weight excluding hydrogens is 294 g/mol. The standard InChI is InChI=1S/C17H21N3O3/c1-13(21)18-10-11-19-16(22)9-6-14-4-7-15(8-5-14)20-12-2-3-17(20)23/h4-9H,2-3,10-12H2,1H3,(H,18,21)(H,19,22). The minimum absolute atomic E-state index is 0.119. The number of nitrogens with zero attached hydrogens (tertiary/aromatic N) is 1. The van der Waals surface area contributed by atoms with Gasteiger partial charge >= 0.3 is 0 Å². The van der Waals surface area contributed by atoms with Crippen LogP contribution in [0, 0.1) is 0 Å². The highest BCUT2D eigenvalue weighted by Gasteiger charge is 2.21. The first-order chi connectivity index (χ1) is 11.1. The highest BCUT2D eigenvalue weighted by molar-refractivity contribution is 5.95. The summed E-state index contributed by atoms with van der Waals surface area (Å²) in [6.07, 6.45) is 4.67. The van der Waals surface area contributed by atoms with Gasteiger partial charge in [-0.1, -0.05) is 12.1 Å². The number of rotatable bonds is 6. The molecule has 6 nitrogen and oxygen atoms in total. The van der Waals surface area contributed by atoms with Crippen LogP contribution in [0.1, 0.15) is 25.3 Å². The molecule has 0 radical (unpaired) electrons. The molecule has 0 aromatic heterocycles. The Hall–Kier alpha value is -2.63. The fourth-order valence-electron chi connectivity index (χ4n) is 2.34. The van der Waals surface area contributed by atoms with Gasteiger partial charge in [-0.25, -0.2) is 0 Å². The molecule has 3 amide bonds. The van der Waals surface area contributed by atoms with Crippen molar-refractivity contribution in [2.75, 3.05) is 24.5 Å². The third-order valence-electron chi connectivity index (χ3n) is 3.50. The van der Waals surface area contributed by atoms with E-state index in [4.69, 9.17) is 0 Å². The second-order valence-corrected chi connectivity index (χ2v) is 5.35. The van der Waals surface area contributed by atoms with Gasteiger partial charge in [0.15, 0.2) is 0 Å². The third kappa shape index (κ3) is 5.25. The zero-order chi connectivity index (χ0) is 16.7. The molecule has 122 valence electrons. The molecule has 23 heavy (non-hydrogen) atoms. The van der Waals surface area contributed by atoms with Gasteiger partial charge in [0, 0.05) is 44.7 Å². The molecule has 0 spiro atoms. The second-order valence-electron chi connectivity index (χ2n) is 5.35. The first kappa shape index (κ1) is 16.7. The van der Waals surface area contributed by atoms with Gasteiger partial charge in [-0.2, -0.15) is 0 Å². The van der Waals surface area contributed by atoms with Crippen molar-refractivity contribution in [3.63, 3.8) is 0 Å². The van der Waals surface area contributed by atoms with Crippen LogP contribution < -0.4 is 15.5 Å². The van der Waals surface area contributed by atoms with Crippen LogP contribution in [0.4, 0.5) is 5.69 Å². The predicted octanol–water partition coefficient (Wildman–Crippen LogP) is 1.08. The number of carbonyl (C=O) groups excluding carboxylic acids is 3. The summed E-state index contributed by atoms with van der Waals surface area (Å²) in [6.45, 7) is 3.00. The molecule has 1 aromatic rings. The number of benzene rings is 1. The molecule has 0 unspecified atom stereocenters. The van der Waals surface area contributed by atoms with E-state index in [1.54, 1.807) is 11.0 Å². The summed E-state index contributed by atoms with van der Waals surface area (Å²) in [7, 11) is 0. The Bertz CT molecular complexity index is 608. The lowest BCUT2D eigenvalue weighted by Crippen LogP contribution is -2.32. The predicted molar refractivity (Wildman–Crippen MR) is 88.8 cm³/mol. The first-order valence-electron chi connectivity index (χ1n) is 7.67. The maximum Gasteiger partial charge on any atom is 0.244 e. The van der Waals surface area contributed by atoms with E-state index in [2.05, 4.69) is 10.6 Å². The molecule has 2 N–H and O–H groups in total. The molecule has 1 heterocycles. The molecule has 1 aliphatic heterocycles. The summed E-state index contributed by atoms with van der Waals surface area (Å²) >= 11 is 0. The monoisotopic (exact) mass is 315 g/mol. The summed E-state index contributed by atoms with van der Waals surface area (Å²) in [4.78, 5) is 35.8. The van der Waals surface area contributed by atoms with Gasteiger partial charge in [0.25, 0.3) is 0 Å². The minimum atomic E-state index is -0.214. The number of amides is 3. The lowest BCUT2D eigenvalue weighted by Gasteiger charge is -2.15. The van der Waals surface area contributed by atoms with E-state index in [-0.39, 0.29) is 17.7 Å². The van der Waals surface area contributed by atoms with Crippen LogP contribution in [0.3, 0.4) is 0 Å². The van der Waals surface area contributed by atoms with Crippen molar-refractivity contribution in [1.29, 1.82) is 0 Å². The summed E-state index contributed by atoms with van der Waals surface area (Å²) in [5.74, 6) is -0.174. The zero-order valence-corrected chi connectivity index (χ0v) is 13.2. The summed E-state index contributed by atoms with van der Waals surface area (Å²) in [6, 6.07) is 7.53. The van der Waals surface area contributed by atoms with Gasteiger partial charge in [-0.15, -0.1) is 0 Å². The van der Waals surface area contributed by atoms with Crippen molar-refractivity contribution in [1.82, 2.24) is 10.6 Å². The third-order valence-corrected chi connectivity index (χ3v) is 3.50. The Kier molecular flexibility index (Phi) is 5.91. The summed E-state index contributed by atoms with van der Waals surface area (Å²) < 4.78 is 0. The van der Waals surface area contributed by atoms with Crippen molar-refractivity contribution < 1.29 is 14.4 Å². The Labute approximate surface area is 135 Å². The van der Waals surface area contributed by atoms with Crippen LogP contribution >= 0.6 is 0 Å².